The van der Waals surface area contributed by atoms with Gasteiger partial charge in [0.2, 0.25) is 0 Å². The van der Waals surface area contributed by atoms with Gasteiger partial charge in [-0.15, -0.1) is 0 Å². The Morgan fingerprint density at radius 2 is 2.28 bits per heavy atom. The Labute approximate surface area is 103 Å². The maximum atomic E-state index is 13.4. The topological polar surface area (TPSA) is 93.4 Å². The van der Waals surface area contributed by atoms with E-state index in [9.17, 15) is 9.18 Å². The number of halogens is 1. The van der Waals surface area contributed by atoms with Crippen LogP contribution in [0, 0.1) is 24.1 Å². The lowest BCUT2D eigenvalue weighted by Crippen LogP contribution is -2.38. The van der Waals surface area contributed by atoms with Crippen molar-refractivity contribution in [1.82, 2.24) is 5.32 Å². The van der Waals surface area contributed by atoms with Crippen molar-refractivity contribution in [3.05, 3.63) is 34.6 Å². The Hall–Kier alpha value is -2.13. The van der Waals surface area contributed by atoms with Crippen LogP contribution in [0.25, 0.3) is 0 Å². The summed E-state index contributed by atoms with van der Waals surface area (Å²) < 4.78 is 13.4. The predicted octanol–water partition coefficient (Wildman–Crippen LogP) is 1.18. The van der Waals surface area contributed by atoms with Gasteiger partial charge in [-0.1, -0.05) is 0 Å². The Kier molecular flexibility index (Phi) is 4.63. The highest BCUT2D eigenvalue weighted by molar-refractivity contribution is 5.64. The Morgan fingerprint density at radius 3 is 2.78 bits per heavy atom. The molecule has 0 saturated carbocycles. The molecule has 18 heavy (non-hydrogen) atoms. The number of aryl methyl sites for hydroxylation is 1. The smallest absolute Gasteiger partial charge is 0.404 e. The second kappa shape index (κ2) is 5.98. The number of carbonyl (C=O) groups is 1. The third kappa shape index (κ3) is 3.43. The number of nitrogens with zero attached hydrogens (tertiary/aromatic N) is 1. The van der Waals surface area contributed by atoms with Gasteiger partial charge in [0.15, 0.2) is 0 Å². The maximum absolute atomic E-state index is 13.4. The molecular formula is C12H13FN2O3. The van der Waals surface area contributed by atoms with Crippen LogP contribution in [0.1, 0.15) is 16.7 Å². The van der Waals surface area contributed by atoms with Crippen molar-refractivity contribution in [2.24, 2.45) is 0 Å². The van der Waals surface area contributed by atoms with Crippen LogP contribution in [-0.4, -0.2) is 29.0 Å². The zero-order valence-electron chi connectivity index (χ0n) is 9.77. The van der Waals surface area contributed by atoms with Gasteiger partial charge in [-0.05, 0) is 36.6 Å². The SMILES string of the molecule is Cc1cc(C#N)c(F)cc1C[C@H](CO)NC(=O)O. The van der Waals surface area contributed by atoms with E-state index in [2.05, 4.69) is 5.32 Å². The summed E-state index contributed by atoms with van der Waals surface area (Å²) in [6.45, 7) is 1.32. The lowest BCUT2D eigenvalue weighted by molar-refractivity contribution is 0.177. The molecule has 0 aliphatic rings. The first-order valence-electron chi connectivity index (χ1n) is 5.27. The molecule has 0 radical (unpaired) electrons. The molecule has 0 aromatic heterocycles. The molecule has 0 spiro atoms. The number of hydrogen-bond donors (Lipinski definition) is 3. The van der Waals surface area contributed by atoms with Gasteiger partial charge < -0.3 is 15.5 Å². The third-order valence-electron chi connectivity index (χ3n) is 2.56. The van der Waals surface area contributed by atoms with Crippen LogP contribution in [0.3, 0.4) is 0 Å². The van der Waals surface area contributed by atoms with Gasteiger partial charge in [0.1, 0.15) is 11.9 Å². The van der Waals surface area contributed by atoms with E-state index in [0.717, 1.165) is 0 Å². The van der Waals surface area contributed by atoms with Crippen LogP contribution < -0.4 is 5.32 Å². The van der Waals surface area contributed by atoms with Gasteiger partial charge in [0.25, 0.3) is 0 Å². The molecule has 0 fully saturated rings. The van der Waals surface area contributed by atoms with Crippen molar-refractivity contribution in [2.45, 2.75) is 19.4 Å². The van der Waals surface area contributed by atoms with Gasteiger partial charge in [0.05, 0.1) is 18.2 Å². The van der Waals surface area contributed by atoms with Crippen molar-refractivity contribution in [3.63, 3.8) is 0 Å². The first kappa shape index (κ1) is 13.9. The highest BCUT2D eigenvalue weighted by Gasteiger charge is 2.14. The lowest BCUT2D eigenvalue weighted by Gasteiger charge is -2.15. The fourth-order valence-corrected chi connectivity index (χ4v) is 1.63. The Balaban J connectivity index is 2.94. The standard InChI is InChI=1S/C12H13FN2O3/c1-7-2-9(5-14)11(13)4-8(7)3-10(6-16)15-12(17)18/h2,4,10,15-16H,3,6H2,1H3,(H,17,18)/t10-/m1/s1. The van der Waals surface area contributed by atoms with Gasteiger partial charge in [-0.25, -0.2) is 9.18 Å². The Bertz CT molecular complexity index is 497. The van der Waals surface area contributed by atoms with Gasteiger partial charge in [-0.2, -0.15) is 5.26 Å². The molecule has 0 saturated heterocycles. The maximum Gasteiger partial charge on any atom is 0.404 e. The van der Waals surface area contributed by atoms with Crippen LogP contribution in [-0.2, 0) is 6.42 Å². The average Bonchev–Trinajstić information content (AvgIpc) is 2.31. The number of nitrogens with one attached hydrogen (secondary N) is 1. The average molecular weight is 252 g/mol. The number of aliphatic hydroxyl groups is 1. The molecule has 1 atom stereocenters. The third-order valence-corrected chi connectivity index (χ3v) is 2.56. The highest BCUT2D eigenvalue weighted by atomic mass is 19.1. The van der Waals surface area contributed by atoms with E-state index in [1.807, 2.05) is 0 Å². The molecule has 0 bridgehead atoms. The summed E-state index contributed by atoms with van der Waals surface area (Å²) in [5, 5.41) is 28.4. The van der Waals surface area contributed by atoms with E-state index in [1.165, 1.54) is 12.1 Å². The number of nitriles is 1. The van der Waals surface area contributed by atoms with Crippen LogP contribution in [0.2, 0.25) is 0 Å². The van der Waals surface area contributed by atoms with E-state index in [1.54, 1.807) is 13.0 Å². The number of aliphatic hydroxyl groups excluding tert-OH is 1. The molecule has 1 aromatic rings. The molecular weight excluding hydrogens is 239 g/mol. The van der Waals surface area contributed by atoms with Crippen molar-refractivity contribution >= 4 is 6.09 Å². The molecule has 96 valence electrons. The summed E-state index contributed by atoms with van der Waals surface area (Å²) in [4.78, 5) is 10.5. The monoisotopic (exact) mass is 252 g/mol. The quantitative estimate of drug-likeness (QED) is 0.750. The lowest BCUT2D eigenvalue weighted by atomic mass is 9.99. The first-order valence-corrected chi connectivity index (χ1v) is 5.27. The minimum absolute atomic E-state index is 0.0528. The second-order valence-electron chi connectivity index (χ2n) is 3.90. The first-order chi connectivity index (χ1) is 8.47. The molecule has 6 heteroatoms. The number of benzene rings is 1. The summed E-state index contributed by atoms with van der Waals surface area (Å²) in [5.74, 6) is -0.648. The normalized spacial score (nSPS) is 11.7. The number of carboxylic acid groups (broad SMARTS) is 1. The summed E-state index contributed by atoms with van der Waals surface area (Å²) >= 11 is 0. The fraction of sp³-hybridized carbons (Fsp3) is 0.333. The van der Waals surface area contributed by atoms with E-state index in [4.69, 9.17) is 15.5 Å². The predicted molar refractivity (Wildman–Crippen MR) is 61.6 cm³/mol. The number of hydrogen-bond acceptors (Lipinski definition) is 3. The van der Waals surface area contributed by atoms with Crippen molar-refractivity contribution in [3.8, 4) is 6.07 Å². The van der Waals surface area contributed by atoms with Gasteiger partial charge >= 0.3 is 6.09 Å². The molecule has 0 unspecified atom stereocenters. The molecule has 1 amide bonds. The van der Waals surface area contributed by atoms with Crippen LogP contribution in [0.5, 0.6) is 0 Å². The van der Waals surface area contributed by atoms with Crippen molar-refractivity contribution < 1.29 is 19.4 Å². The van der Waals surface area contributed by atoms with Crippen molar-refractivity contribution in [2.75, 3.05) is 6.61 Å². The molecule has 1 rings (SSSR count). The van der Waals surface area contributed by atoms with E-state index in [0.29, 0.717) is 11.1 Å². The zero-order valence-corrected chi connectivity index (χ0v) is 9.77. The van der Waals surface area contributed by atoms with Crippen LogP contribution in [0.15, 0.2) is 12.1 Å². The minimum atomic E-state index is -1.25. The van der Waals surface area contributed by atoms with Crippen LogP contribution >= 0.6 is 0 Å². The van der Waals surface area contributed by atoms with Crippen LogP contribution in [0.4, 0.5) is 9.18 Å². The molecule has 5 nitrogen and oxygen atoms in total. The second-order valence-corrected chi connectivity index (χ2v) is 3.90. The fourth-order valence-electron chi connectivity index (χ4n) is 1.63. The molecule has 0 aliphatic carbocycles. The largest absolute Gasteiger partial charge is 0.465 e. The van der Waals surface area contributed by atoms with E-state index in [-0.39, 0.29) is 18.6 Å². The van der Waals surface area contributed by atoms with Gasteiger partial charge in [-0.3, -0.25) is 0 Å². The zero-order chi connectivity index (χ0) is 13.7. The molecule has 0 aliphatic heterocycles. The molecule has 3 N–H and O–H groups in total. The summed E-state index contributed by atoms with van der Waals surface area (Å²) in [5.41, 5.74) is 1.18. The summed E-state index contributed by atoms with van der Waals surface area (Å²) in [6.07, 6.45) is -1.09. The molecule has 0 heterocycles. The van der Waals surface area contributed by atoms with E-state index >= 15 is 0 Å². The highest BCUT2D eigenvalue weighted by Crippen LogP contribution is 2.16. The van der Waals surface area contributed by atoms with Gasteiger partial charge in [0, 0.05) is 0 Å². The van der Waals surface area contributed by atoms with E-state index < -0.39 is 18.0 Å². The summed E-state index contributed by atoms with van der Waals surface area (Å²) in [6, 6.07) is 3.63. The molecule has 1 aromatic carbocycles. The number of rotatable bonds is 4. The minimum Gasteiger partial charge on any atom is -0.465 e. The number of amides is 1. The summed E-state index contributed by atoms with van der Waals surface area (Å²) in [7, 11) is 0. The Morgan fingerprint density at radius 1 is 1.61 bits per heavy atom. The van der Waals surface area contributed by atoms with Crippen molar-refractivity contribution in [1.29, 1.82) is 5.26 Å².